The lowest BCUT2D eigenvalue weighted by Crippen LogP contribution is -2.68. The van der Waals surface area contributed by atoms with Crippen molar-refractivity contribution in [3.63, 3.8) is 0 Å². The van der Waals surface area contributed by atoms with Gasteiger partial charge >= 0.3 is 0 Å². The Hall–Kier alpha value is -7.03. The first kappa shape index (κ1) is 108. The molecule has 0 aliphatic carbocycles. The molecule has 6 aromatic rings. The molecule has 139 heavy (non-hydrogen) atoms. The standard InChI is InChI=1S/C84H105N3O46S6/c1-38-7-19-44(20-8-38)134(102,103)114-32-51-72-59(90)66(97)80(122-51)130-74-53(34-116-136(106,107)46-23-11-40(3)12-24-46)124-82(68(99)61(74)92)132-76-55(36-118-138(110,111)48-27-15-42(5)16-28-48)126-84(70(101)63(76)94)133-77-56(37-119-139(112,113)49-29-17-43(6)18-30-49)125-83(69(100)62(77)93)131-75-54(35-117-137(108,109)47-25-13-41(4)14-26-47)123-81(67(98)60(75)91)129-73-52(33-115-135(104,105)45-21-9-39(2)10-22-45)121-79(65(96)58(73)89)127-71-50(31-86-87-85)120-78(128-72)64(95)57(71)88/h7-30,50-84,88-101H,31-37H2,1-6H3/t50-,51+,52-,53+,54-,55+,56-,57+,58+,59-,60+,61+,62+,63+,64+,65+,66-,67+,68-,69+,70+,71+,72+,73+,74+,75+,76+,77+,78+,79+,80+,81+,82+,83+,84+/m0/s1. The second kappa shape index (κ2) is 44.5. The van der Waals surface area contributed by atoms with Crippen molar-refractivity contribution in [2.75, 3.05) is 46.2 Å². The lowest BCUT2D eigenvalue weighted by Gasteiger charge is -2.50. The molecule has 14 N–H and O–H groups in total. The average Bonchev–Trinajstić information content (AvgIpc) is 0.985. The SMILES string of the molecule is Cc1ccc(S(=O)(=O)OC[C@@H]2O[C@@H]3O[C@H]4[C@H](O)[C@@H](O)[C@@H](O[C@H]5[C@@H](O)[C@H](O)[C@@H](O[C@H]6[C@H](O)[C@H](O)[C@@H](O[C@H]7[C@H](O)[C@@H](O)[C@@H](O[C@H]8[C@H](O)[C@@H](O)[C@@H](O[C@H]9[C@H](O)[C@@H](O)[C@@H](O[C@H]2[C@H](O)[C@H]3O)O[C@H]9COS(=O)(=O)c2ccc(C)cc2)O[C@H]8COS(=O)(=O)c2ccc(C)cc2)O[C@@H]7COS(=O)(=O)c2ccc(C)cc2)O[C@@H]6COS(=O)(=O)c2ccc(C)cc2)O[C@@H]5COS(=O)(=O)c2ccc(C)cc2)O[C@H]4CN=[N+]=[N-])cc1. The minimum atomic E-state index is -5.01. The zero-order chi connectivity index (χ0) is 101. The van der Waals surface area contributed by atoms with E-state index in [1.54, 1.807) is 41.5 Å². The molecule has 0 spiro atoms. The highest BCUT2D eigenvalue weighted by molar-refractivity contribution is 7.88. The van der Waals surface area contributed by atoms with E-state index < -0.39 is 351 Å². The molecule has 49 nitrogen and oxygen atoms in total. The molecule has 0 aromatic heterocycles. The molecule has 6 aromatic carbocycles. The molecule has 768 valence electrons. The van der Waals surface area contributed by atoms with E-state index in [-0.39, 0.29) is 0 Å². The first-order chi connectivity index (χ1) is 65.5. The Labute approximate surface area is 796 Å². The second-order valence-electron chi connectivity index (χ2n) is 34.1. The van der Waals surface area contributed by atoms with Gasteiger partial charge in [-0.15, -0.1) is 0 Å². The smallest absolute Gasteiger partial charge is 0.297 e. The Morgan fingerprint density at radius 3 is 0.489 bits per heavy atom. The summed E-state index contributed by atoms with van der Waals surface area (Å²) in [5.74, 6) is 0. The van der Waals surface area contributed by atoms with E-state index in [2.05, 4.69) is 10.0 Å². The number of ether oxygens (including phenoxy) is 14. The predicted octanol–water partition coefficient (Wildman–Crippen LogP) is -3.58. The fourth-order valence-electron chi connectivity index (χ4n) is 16.0. The average molecular weight is 2090 g/mol. The van der Waals surface area contributed by atoms with E-state index in [1.165, 1.54) is 72.8 Å². The molecule has 21 fully saturated rings. The lowest BCUT2D eigenvalue weighted by atomic mass is 9.95. The minimum Gasteiger partial charge on any atom is -0.387 e. The summed E-state index contributed by atoms with van der Waals surface area (Å²) in [7, 11) is -30.0. The van der Waals surface area contributed by atoms with Gasteiger partial charge in [-0.1, -0.05) is 111 Å². The predicted molar refractivity (Wildman–Crippen MR) is 459 cm³/mol. The van der Waals surface area contributed by atoms with Crippen LogP contribution in [0.3, 0.4) is 0 Å². The maximum absolute atomic E-state index is 14.2. The number of azide groups is 1. The van der Waals surface area contributed by atoms with Crippen LogP contribution in [-0.2, 0) is 152 Å². The zero-order valence-electron chi connectivity index (χ0n) is 74.1. The lowest BCUT2D eigenvalue weighted by molar-refractivity contribution is -0.395. The number of aliphatic hydroxyl groups excluding tert-OH is 14. The summed E-state index contributed by atoms with van der Waals surface area (Å²) >= 11 is 0. The topological polar surface area (TPSA) is 721 Å². The van der Waals surface area contributed by atoms with E-state index >= 15 is 0 Å². The van der Waals surface area contributed by atoms with Gasteiger partial charge < -0.3 is 138 Å². The summed E-state index contributed by atoms with van der Waals surface area (Å²) in [6.07, 6.45) is -86.9. The quantitative estimate of drug-likeness (QED) is 0.0108. The molecule has 0 saturated carbocycles. The summed E-state index contributed by atoms with van der Waals surface area (Å²) in [4.78, 5) is -0.331. The van der Waals surface area contributed by atoms with E-state index in [9.17, 15) is 128 Å². The number of aryl methyl sites for hydroxylation is 6. The molecule has 0 radical (unpaired) electrons. The van der Waals surface area contributed by atoms with Crippen LogP contribution in [0, 0.1) is 41.5 Å². The Balaban J connectivity index is 0.879. The number of benzene rings is 6. The zero-order valence-corrected chi connectivity index (χ0v) is 79.0. The van der Waals surface area contributed by atoms with Crippen molar-refractivity contribution in [2.24, 2.45) is 5.11 Å². The van der Waals surface area contributed by atoms with Gasteiger partial charge in [0.1, 0.15) is 165 Å². The molecule has 21 heterocycles. The van der Waals surface area contributed by atoms with Crippen molar-refractivity contribution >= 4 is 60.7 Å². The van der Waals surface area contributed by atoms with Crippen LogP contribution < -0.4 is 0 Å². The van der Waals surface area contributed by atoms with Gasteiger partial charge in [-0.05, 0) is 120 Å². The third-order valence-corrected chi connectivity index (χ3v) is 31.8. The minimum absolute atomic E-state index is 0.498. The summed E-state index contributed by atoms with van der Waals surface area (Å²) in [5, 5.41) is 177. The van der Waals surface area contributed by atoms with E-state index in [0.29, 0.717) is 33.4 Å². The Morgan fingerprint density at radius 1 is 0.223 bits per heavy atom. The molecule has 21 aliphatic heterocycles. The van der Waals surface area contributed by atoms with Gasteiger partial charge in [0, 0.05) is 4.91 Å². The van der Waals surface area contributed by atoms with Crippen molar-refractivity contribution < 1.29 is 213 Å². The van der Waals surface area contributed by atoms with Crippen molar-refractivity contribution in [1.82, 2.24) is 0 Å². The number of hydrogen-bond donors (Lipinski definition) is 14. The van der Waals surface area contributed by atoms with Gasteiger partial charge in [0.25, 0.3) is 60.7 Å². The number of nitrogens with zero attached hydrogens (tertiary/aromatic N) is 3. The van der Waals surface area contributed by atoms with Crippen LogP contribution in [0.1, 0.15) is 33.4 Å². The van der Waals surface area contributed by atoms with E-state index in [4.69, 9.17) is 91.4 Å². The highest BCUT2D eigenvalue weighted by Crippen LogP contribution is 2.42. The first-order valence-corrected chi connectivity index (χ1v) is 51.5. The molecule has 14 bridgehead atoms. The van der Waals surface area contributed by atoms with Gasteiger partial charge in [0.05, 0.1) is 81.7 Å². The largest absolute Gasteiger partial charge is 0.387 e. The number of rotatable bonds is 26. The molecule has 35 atom stereocenters. The van der Waals surface area contributed by atoms with Crippen molar-refractivity contribution in [2.45, 2.75) is 286 Å². The fraction of sp³-hybridized carbons (Fsp3) is 0.571. The maximum Gasteiger partial charge on any atom is 0.297 e. The molecular formula is C84H105N3O46S6. The molecule has 0 unspecified atom stereocenters. The Morgan fingerprint density at radius 2 is 0.353 bits per heavy atom. The van der Waals surface area contributed by atoms with Crippen LogP contribution in [0.25, 0.3) is 10.4 Å². The van der Waals surface area contributed by atoms with Crippen molar-refractivity contribution in [3.05, 3.63) is 189 Å². The monoisotopic (exact) mass is 2080 g/mol. The van der Waals surface area contributed by atoms with Crippen LogP contribution in [0.4, 0.5) is 0 Å². The fourth-order valence-corrected chi connectivity index (χ4v) is 21.5. The number of aliphatic hydroxyl groups is 14. The molecule has 0 amide bonds. The normalized spacial score (nSPS) is 36.4. The summed E-state index contributed by atoms with van der Waals surface area (Å²) in [6, 6.07) is 29.9. The van der Waals surface area contributed by atoms with Crippen LogP contribution in [0.2, 0.25) is 0 Å². The van der Waals surface area contributed by atoms with Gasteiger partial charge in [-0.3, -0.25) is 25.1 Å². The molecule has 27 rings (SSSR count). The van der Waals surface area contributed by atoms with Crippen LogP contribution in [0.5, 0.6) is 0 Å². The van der Waals surface area contributed by atoms with Crippen LogP contribution >= 0.6 is 0 Å². The summed E-state index contributed by atoms with van der Waals surface area (Å²) in [5.41, 5.74) is 13.1. The Bertz CT molecular complexity index is 5670. The van der Waals surface area contributed by atoms with Crippen LogP contribution in [0.15, 0.2) is 180 Å². The molecule has 55 heteroatoms. The second-order valence-corrected chi connectivity index (χ2v) is 43.8. The third-order valence-electron chi connectivity index (χ3n) is 24.0. The third kappa shape index (κ3) is 24.7. The van der Waals surface area contributed by atoms with Gasteiger partial charge in [0.2, 0.25) is 0 Å². The summed E-state index contributed by atoms with van der Waals surface area (Å²) in [6.45, 7) is 0.495. The van der Waals surface area contributed by atoms with Crippen LogP contribution in [-0.4, -0.2) is 383 Å². The molecular weight excluding hydrogens is 1980 g/mol. The number of hydrogen-bond acceptors (Lipinski definition) is 47. The van der Waals surface area contributed by atoms with Gasteiger partial charge in [-0.25, -0.2) is 0 Å². The van der Waals surface area contributed by atoms with E-state index in [0.717, 1.165) is 72.8 Å². The highest BCUT2D eigenvalue weighted by atomic mass is 32.2. The maximum atomic E-state index is 14.2. The van der Waals surface area contributed by atoms with E-state index in [1.807, 2.05) is 0 Å². The van der Waals surface area contributed by atoms with Gasteiger partial charge in [-0.2, -0.15) is 50.5 Å². The first-order valence-electron chi connectivity index (χ1n) is 43.0. The molecule has 21 aliphatic rings. The summed E-state index contributed by atoms with van der Waals surface area (Å²) < 4.78 is 289. The van der Waals surface area contributed by atoms with Crippen molar-refractivity contribution in [1.29, 1.82) is 0 Å². The van der Waals surface area contributed by atoms with Crippen molar-refractivity contribution in [3.8, 4) is 0 Å². The van der Waals surface area contributed by atoms with Gasteiger partial charge in [0.15, 0.2) is 44.0 Å². The Kier molecular flexibility index (Phi) is 34.5. The highest BCUT2D eigenvalue weighted by Gasteiger charge is 2.61. The molecule has 21 saturated heterocycles.